The molecular weight excluding hydrogens is 352 g/mol. The number of nitrogens with zero attached hydrogens (tertiary/aromatic N) is 2. The van der Waals surface area contributed by atoms with Crippen LogP contribution in [0.25, 0.3) is 0 Å². The molecule has 0 saturated carbocycles. The molecule has 8 nitrogen and oxygen atoms in total. The highest BCUT2D eigenvalue weighted by Crippen LogP contribution is 2.39. The first kappa shape index (κ1) is 19.0. The van der Waals surface area contributed by atoms with Crippen LogP contribution in [-0.4, -0.2) is 58.7 Å². The van der Waals surface area contributed by atoms with Gasteiger partial charge in [0.1, 0.15) is 17.4 Å². The third-order valence-electron chi connectivity index (χ3n) is 4.58. The lowest BCUT2D eigenvalue weighted by Crippen LogP contribution is -2.44. The predicted octanol–water partition coefficient (Wildman–Crippen LogP) is 2.65. The first-order chi connectivity index (χ1) is 12.6. The fourth-order valence-corrected chi connectivity index (χ4v) is 3.33. The summed E-state index contributed by atoms with van der Waals surface area (Å²) in [6.45, 7) is 5.33. The van der Waals surface area contributed by atoms with E-state index >= 15 is 0 Å². The fraction of sp³-hybridized carbons (Fsp3) is 0.526. The summed E-state index contributed by atoms with van der Waals surface area (Å²) in [6.07, 6.45) is -0.0825. The third-order valence-corrected chi connectivity index (χ3v) is 4.58. The Kier molecular flexibility index (Phi) is 4.75. The van der Waals surface area contributed by atoms with E-state index in [1.807, 2.05) is 24.3 Å². The van der Waals surface area contributed by atoms with Crippen molar-refractivity contribution in [2.75, 3.05) is 13.7 Å². The second-order valence-electron chi connectivity index (χ2n) is 7.88. The van der Waals surface area contributed by atoms with Gasteiger partial charge in [0.25, 0.3) is 0 Å². The summed E-state index contributed by atoms with van der Waals surface area (Å²) in [4.78, 5) is 31.0. The number of hydrogen-bond donors (Lipinski definition) is 1. The molecule has 3 rings (SSSR count). The number of oxime groups is 1. The first-order valence-corrected chi connectivity index (χ1v) is 8.74. The summed E-state index contributed by atoms with van der Waals surface area (Å²) < 4.78 is 10.5. The van der Waals surface area contributed by atoms with E-state index in [1.54, 1.807) is 27.9 Å². The van der Waals surface area contributed by atoms with Crippen LogP contribution in [0.4, 0.5) is 4.79 Å². The summed E-state index contributed by atoms with van der Waals surface area (Å²) in [5, 5.41) is 13.7. The monoisotopic (exact) mass is 376 g/mol. The van der Waals surface area contributed by atoms with E-state index in [0.29, 0.717) is 12.1 Å². The number of hydrogen-bond acceptors (Lipinski definition) is 6. The molecule has 1 saturated heterocycles. The lowest BCUT2D eigenvalue weighted by Gasteiger charge is -2.27. The van der Waals surface area contributed by atoms with Gasteiger partial charge in [0, 0.05) is 12.8 Å². The number of carboxylic acid groups (broad SMARTS) is 1. The van der Waals surface area contributed by atoms with Crippen molar-refractivity contribution in [1.29, 1.82) is 0 Å². The maximum Gasteiger partial charge on any atom is 0.411 e. The Morgan fingerprint density at radius 1 is 1.30 bits per heavy atom. The number of methoxy groups -OCH3 is 1. The minimum absolute atomic E-state index is 0.113. The molecule has 1 aromatic carbocycles. The molecule has 2 aliphatic heterocycles. The van der Waals surface area contributed by atoms with Crippen LogP contribution in [0.1, 0.15) is 39.2 Å². The number of ether oxygens (including phenoxy) is 2. The zero-order valence-electron chi connectivity index (χ0n) is 15.9. The van der Waals surface area contributed by atoms with Crippen LogP contribution in [0, 0.1) is 0 Å². The van der Waals surface area contributed by atoms with Gasteiger partial charge in [-0.1, -0.05) is 5.16 Å². The molecule has 1 amide bonds. The highest BCUT2D eigenvalue weighted by molar-refractivity contribution is 6.02. The van der Waals surface area contributed by atoms with E-state index in [2.05, 4.69) is 5.16 Å². The van der Waals surface area contributed by atoms with Gasteiger partial charge in [-0.3, -0.25) is 4.90 Å². The van der Waals surface area contributed by atoms with Crippen LogP contribution >= 0.6 is 0 Å². The lowest BCUT2D eigenvalue weighted by molar-refractivity contribution is -0.142. The van der Waals surface area contributed by atoms with E-state index in [0.717, 1.165) is 11.3 Å². The first-order valence-electron chi connectivity index (χ1n) is 8.74. The second kappa shape index (κ2) is 6.75. The van der Waals surface area contributed by atoms with Crippen molar-refractivity contribution < 1.29 is 29.0 Å². The van der Waals surface area contributed by atoms with E-state index < -0.39 is 29.3 Å². The van der Waals surface area contributed by atoms with Crippen LogP contribution in [0.15, 0.2) is 29.4 Å². The topological polar surface area (TPSA) is 97.7 Å². The largest absolute Gasteiger partial charge is 0.497 e. The van der Waals surface area contributed by atoms with Crippen molar-refractivity contribution in [2.45, 2.75) is 50.9 Å². The van der Waals surface area contributed by atoms with Gasteiger partial charge >= 0.3 is 12.1 Å². The van der Waals surface area contributed by atoms with Crippen molar-refractivity contribution in [3.8, 4) is 5.75 Å². The Balaban J connectivity index is 1.75. The molecule has 0 aromatic heterocycles. The van der Waals surface area contributed by atoms with Crippen LogP contribution in [0.3, 0.4) is 0 Å². The predicted molar refractivity (Wildman–Crippen MR) is 96.9 cm³/mol. The Bertz CT molecular complexity index is 767. The summed E-state index contributed by atoms with van der Waals surface area (Å²) in [7, 11) is 1.59. The van der Waals surface area contributed by atoms with Crippen LogP contribution in [-0.2, 0) is 14.4 Å². The van der Waals surface area contributed by atoms with Gasteiger partial charge in [-0.25, -0.2) is 9.59 Å². The number of aliphatic carboxylic acids is 1. The highest BCUT2D eigenvalue weighted by Gasteiger charge is 2.54. The Morgan fingerprint density at radius 2 is 1.96 bits per heavy atom. The molecule has 2 aliphatic rings. The van der Waals surface area contributed by atoms with Crippen molar-refractivity contribution in [3.63, 3.8) is 0 Å². The normalized spacial score (nSPS) is 24.5. The molecule has 0 radical (unpaired) electrons. The van der Waals surface area contributed by atoms with Crippen molar-refractivity contribution >= 4 is 17.8 Å². The number of carboxylic acids is 1. The molecule has 146 valence electrons. The maximum atomic E-state index is 12.5. The molecule has 1 N–H and O–H groups in total. The molecule has 8 heteroatoms. The highest BCUT2D eigenvalue weighted by atomic mass is 16.7. The van der Waals surface area contributed by atoms with E-state index in [9.17, 15) is 14.7 Å². The zero-order valence-corrected chi connectivity index (χ0v) is 15.9. The van der Waals surface area contributed by atoms with Crippen molar-refractivity contribution in [1.82, 2.24) is 4.90 Å². The fourth-order valence-electron chi connectivity index (χ4n) is 3.33. The quantitative estimate of drug-likeness (QED) is 0.871. The van der Waals surface area contributed by atoms with Gasteiger partial charge in [0.05, 0.1) is 19.4 Å². The van der Waals surface area contributed by atoms with Gasteiger partial charge in [-0.15, -0.1) is 0 Å². The Morgan fingerprint density at radius 3 is 2.52 bits per heavy atom. The molecule has 27 heavy (non-hydrogen) atoms. The minimum Gasteiger partial charge on any atom is -0.497 e. The summed E-state index contributed by atoms with van der Waals surface area (Å²) in [6, 6.07) is 6.38. The Labute approximate surface area is 157 Å². The number of carbonyl (C=O) groups excluding carboxylic acids is 1. The molecule has 1 fully saturated rings. The smallest absolute Gasteiger partial charge is 0.411 e. The average Bonchev–Trinajstić information content (AvgIpc) is 3.18. The standard InChI is InChI=1S/C19H24N2O6/c1-18(2,3)26-17(24)21-11-19(10-15(21)16(22)23)9-14(20-27-19)12-5-7-13(25-4)8-6-12/h5-8,15H,9-11H2,1-4H3,(H,22,23)/t15-,19+/m0/s1. The van der Waals surface area contributed by atoms with Crippen molar-refractivity contribution in [2.24, 2.45) is 5.16 Å². The van der Waals surface area contributed by atoms with E-state index in [1.165, 1.54) is 4.90 Å². The van der Waals surface area contributed by atoms with Gasteiger partial charge in [-0.05, 0) is 50.6 Å². The maximum absolute atomic E-state index is 12.5. The summed E-state index contributed by atoms with van der Waals surface area (Å²) in [5.41, 5.74) is 0.0231. The molecule has 0 bridgehead atoms. The van der Waals surface area contributed by atoms with Gasteiger partial charge in [0.2, 0.25) is 0 Å². The van der Waals surface area contributed by atoms with Crippen LogP contribution < -0.4 is 4.74 Å². The number of benzene rings is 1. The third kappa shape index (κ3) is 3.99. The zero-order chi connectivity index (χ0) is 19.8. The van der Waals surface area contributed by atoms with Gasteiger partial charge in [0.15, 0.2) is 5.60 Å². The molecule has 0 aliphatic carbocycles. The SMILES string of the molecule is COc1ccc(C2=NO[C@]3(C2)C[C@@H](C(=O)O)N(C(=O)OC(C)(C)C)C3)cc1. The number of rotatable bonds is 3. The van der Waals surface area contributed by atoms with Crippen LogP contribution in [0.5, 0.6) is 5.75 Å². The van der Waals surface area contributed by atoms with Gasteiger partial charge in [-0.2, -0.15) is 0 Å². The summed E-state index contributed by atoms with van der Waals surface area (Å²) in [5.74, 6) is -0.352. The molecule has 2 atom stereocenters. The lowest BCUT2D eigenvalue weighted by atomic mass is 9.92. The average molecular weight is 376 g/mol. The number of carbonyl (C=O) groups is 2. The number of amides is 1. The minimum atomic E-state index is -1.08. The van der Waals surface area contributed by atoms with E-state index in [-0.39, 0.29) is 13.0 Å². The Hall–Kier alpha value is -2.77. The summed E-state index contributed by atoms with van der Waals surface area (Å²) >= 11 is 0. The van der Waals surface area contributed by atoms with Gasteiger partial charge < -0.3 is 19.4 Å². The molecular formula is C19H24N2O6. The van der Waals surface area contributed by atoms with E-state index in [4.69, 9.17) is 14.3 Å². The second-order valence-corrected chi connectivity index (χ2v) is 7.88. The van der Waals surface area contributed by atoms with Crippen LogP contribution in [0.2, 0.25) is 0 Å². The molecule has 0 unspecified atom stereocenters. The van der Waals surface area contributed by atoms with Crippen molar-refractivity contribution in [3.05, 3.63) is 29.8 Å². The number of likely N-dealkylation sites (tertiary alicyclic amines) is 1. The molecule has 2 heterocycles. The molecule has 1 spiro atoms. The molecule has 1 aromatic rings.